The number of amides is 1. The Balaban J connectivity index is 1.81. The Morgan fingerprint density at radius 1 is 1.10 bits per heavy atom. The van der Waals surface area contributed by atoms with E-state index in [2.05, 4.69) is 11.4 Å². The lowest BCUT2D eigenvalue weighted by atomic mass is 9.98. The van der Waals surface area contributed by atoms with Crippen LogP contribution in [-0.2, 0) is 17.6 Å². The van der Waals surface area contributed by atoms with Gasteiger partial charge in [-0.2, -0.15) is 0 Å². The fourth-order valence-electron chi connectivity index (χ4n) is 2.65. The second-order valence-corrected chi connectivity index (χ2v) is 6.49. The quantitative estimate of drug-likeness (QED) is 0.876. The Morgan fingerprint density at radius 3 is 2.48 bits per heavy atom. The van der Waals surface area contributed by atoms with Crippen LogP contribution in [0, 0.1) is 0 Å². The summed E-state index contributed by atoms with van der Waals surface area (Å²) in [4.78, 5) is 25.7. The molecule has 3 nitrogen and oxygen atoms in total. The minimum Gasteiger partial charge on any atom is -0.326 e. The molecule has 0 fully saturated rings. The number of benzene rings is 1. The molecule has 1 N–H and O–H groups in total. The normalized spacial score (nSPS) is 13.6. The van der Waals surface area contributed by atoms with E-state index in [0.29, 0.717) is 11.3 Å². The predicted molar refractivity (Wildman–Crippen MR) is 85.1 cm³/mol. The Hall–Kier alpha value is -1.94. The molecule has 0 bridgehead atoms. The third kappa shape index (κ3) is 3.05. The molecule has 108 valence electrons. The average molecular weight is 299 g/mol. The predicted octanol–water partition coefficient (Wildman–Crippen LogP) is 3.82. The fourth-order valence-corrected chi connectivity index (χ4v) is 3.87. The zero-order chi connectivity index (χ0) is 14.8. The van der Waals surface area contributed by atoms with Gasteiger partial charge < -0.3 is 5.32 Å². The number of carbonyl (C=O) groups excluding carboxylic acids is 2. The van der Waals surface area contributed by atoms with Crippen LogP contribution in [0.4, 0.5) is 5.69 Å². The molecule has 1 amide bonds. The van der Waals surface area contributed by atoms with Crippen molar-refractivity contribution < 1.29 is 9.59 Å². The number of carbonyl (C=O) groups is 2. The van der Waals surface area contributed by atoms with Crippen molar-refractivity contribution >= 4 is 28.7 Å². The molecular formula is C17H17NO2S. The Kier molecular flexibility index (Phi) is 3.88. The minimum absolute atomic E-state index is 0.0729. The second-order valence-electron chi connectivity index (χ2n) is 5.35. The first-order valence-electron chi connectivity index (χ1n) is 7.17. The summed E-state index contributed by atoms with van der Waals surface area (Å²) >= 11 is 1.63. The van der Waals surface area contributed by atoms with Crippen LogP contribution in [0.15, 0.2) is 30.3 Å². The topological polar surface area (TPSA) is 46.2 Å². The molecule has 21 heavy (non-hydrogen) atoms. The van der Waals surface area contributed by atoms with Crippen LogP contribution in [0.25, 0.3) is 0 Å². The molecule has 1 aliphatic rings. The van der Waals surface area contributed by atoms with Gasteiger partial charge in [-0.3, -0.25) is 9.59 Å². The molecule has 3 rings (SSSR count). The summed E-state index contributed by atoms with van der Waals surface area (Å²) in [5.74, 6) is -0.0382. The van der Waals surface area contributed by atoms with Gasteiger partial charge in [-0.1, -0.05) is 0 Å². The van der Waals surface area contributed by atoms with Crippen molar-refractivity contribution in [3.05, 3.63) is 51.2 Å². The van der Waals surface area contributed by atoms with Gasteiger partial charge in [-0.05, 0) is 61.6 Å². The van der Waals surface area contributed by atoms with Gasteiger partial charge in [0, 0.05) is 23.1 Å². The highest BCUT2D eigenvalue weighted by atomic mass is 32.1. The SMILES string of the molecule is CC(=O)Nc1ccc(C(=O)c2cc3c(s2)CCCC3)cc1. The first-order valence-corrected chi connectivity index (χ1v) is 7.99. The molecule has 2 aromatic rings. The molecule has 0 radical (unpaired) electrons. The first-order chi connectivity index (χ1) is 10.1. The second kappa shape index (κ2) is 5.82. The number of anilines is 1. The van der Waals surface area contributed by atoms with E-state index in [-0.39, 0.29) is 11.7 Å². The maximum absolute atomic E-state index is 12.5. The molecule has 1 aromatic carbocycles. The van der Waals surface area contributed by atoms with E-state index in [0.717, 1.165) is 17.7 Å². The van der Waals surface area contributed by atoms with Gasteiger partial charge in [-0.25, -0.2) is 0 Å². The van der Waals surface area contributed by atoms with Crippen LogP contribution in [0.3, 0.4) is 0 Å². The molecule has 0 atom stereocenters. The largest absolute Gasteiger partial charge is 0.326 e. The molecule has 0 saturated heterocycles. The lowest BCUT2D eigenvalue weighted by Crippen LogP contribution is -2.06. The monoisotopic (exact) mass is 299 g/mol. The van der Waals surface area contributed by atoms with Crippen molar-refractivity contribution in [1.82, 2.24) is 0 Å². The zero-order valence-corrected chi connectivity index (χ0v) is 12.8. The lowest BCUT2D eigenvalue weighted by molar-refractivity contribution is -0.114. The molecule has 1 aliphatic carbocycles. The first kappa shape index (κ1) is 14.0. The zero-order valence-electron chi connectivity index (χ0n) is 11.9. The third-order valence-corrected chi connectivity index (χ3v) is 4.92. The summed E-state index contributed by atoms with van der Waals surface area (Å²) in [6, 6.07) is 9.13. The summed E-state index contributed by atoms with van der Waals surface area (Å²) in [7, 11) is 0. The number of hydrogen-bond donors (Lipinski definition) is 1. The highest BCUT2D eigenvalue weighted by Gasteiger charge is 2.18. The van der Waals surface area contributed by atoms with Gasteiger partial charge in [0.15, 0.2) is 0 Å². The average Bonchev–Trinajstić information content (AvgIpc) is 2.90. The van der Waals surface area contributed by atoms with E-state index in [4.69, 9.17) is 0 Å². The van der Waals surface area contributed by atoms with Gasteiger partial charge in [0.2, 0.25) is 11.7 Å². The van der Waals surface area contributed by atoms with Crippen molar-refractivity contribution in [3.63, 3.8) is 0 Å². The third-order valence-electron chi connectivity index (χ3n) is 3.69. The summed E-state index contributed by atoms with van der Waals surface area (Å²) in [5, 5.41) is 2.70. The maximum Gasteiger partial charge on any atom is 0.221 e. The van der Waals surface area contributed by atoms with Gasteiger partial charge in [0.1, 0.15) is 0 Å². The molecular weight excluding hydrogens is 282 g/mol. The lowest BCUT2D eigenvalue weighted by Gasteiger charge is -2.08. The molecule has 0 spiro atoms. The van der Waals surface area contributed by atoms with Gasteiger partial charge >= 0.3 is 0 Å². The van der Waals surface area contributed by atoms with E-state index < -0.39 is 0 Å². The van der Waals surface area contributed by atoms with Crippen LogP contribution in [0.1, 0.15) is 45.4 Å². The number of fused-ring (bicyclic) bond motifs is 1. The van der Waals surface area contributed by atoms with E-state index >= 15 is 0 Å². The van der Waals surface area contributed by atoms with Crippen molar-refractivity contribution in [2.24, 2.45) is 0 Å². The van der Waals surface area contributed by atoms with Crippen molar-refractivity contribution in [3.8, 4) is 0 Å². The number of hydrogen-bond acceptors (Lipinski definition) is 3. The number of ketones is 1. The number of thiophene rings is 1. The van der Waals surface area contributed by atoms with E-state index in [1.54, 1.807) is 35.6 Å². The smallest absolute Gasteiger partial charge is 0.221 e. The number of rotatable bonds is 3. The van der Waals surface area contributed by atoms with E-state index in [1.807, 2.05) is 0 Å². The number of aryl methyl sites for hydroxylation is 2. The highest BCUT2D eigenvalue weighted by Crippen LogP contribution is 2.31. The van der Waals surface area contributed by atoms with Crippen LogP contribution >= 0.6 is 11.3 Å². The van der Waals surface area contributed by atoms with Crippen LogP contribution in [0.5, 0.6) is 0 Å². The highest BCUT2D eigenvalue weighted by molar-refractivity contribution is 7.14. The molecule has 0 saturated carbocycles. The maximum atomic E-state index is 12.5. The van der Waals surface area contributed by atoms with Gasteiger partial charge in [0.25, 0.3) is 0 Å². The fraction of sp³-hybridized carbons (Fsp3) is 0.294. The summed E-state index contributed by atoms with van der Waals surface area (Å²) < 4.78 is 0. The van der Waals surface area contributed by atoms with Crippen molar-refractivity contribution in [1.29, 1.82) is 0 Å². The Morgan fingerprint density at radius 2 is 1.81 bits per heavy atom. The van der Waals surface area contributed by atoms with Gasteiger partial charge in [0.05, 0.1) is 4.88 Å². The molecule has 1 aromatic heterocycles. The van der Waals surface area contributed by atoms with Crippen LogP contribution in [0.2, 0.25) is 0 Å². The molecule has 0 unspecified atom stereocenters. The molecule has 0 aliphatic heterocycles. The summed E-state index contributed by atoms with van der Waals surface area (Å²) in [5.41, 5.74) is 2.73. The van der Waals surface area contributed by atoms with E-state index in [1.165, 1.54) is 30.2 Å². The van der Waals surface area contributed by atoms with Gasteiger partial charge in [-0.15, -0.1) is 11.3 Å². The van der Waals surface area contributed by atoms with Crippen LogP contribution in [-0.4, -0.2) is 11.7 Å². The minimum atomic E-state index is -0.111. The summed E-state index contributed by atoms with van der Waals surface area (Å²) in [6.07, 6.45) is 4.66. The Labute approximate surface area is 128 Å². The van der Waals surface area contributed by atoms with Crippen LogP contribution < -0.4 is 5.32 Å². The van der Waals surface area contributed by atoms with Crippen molar-refractivity contribution in [2.45, 2.75) is 32.6 Å². The standard InChI is InChI=1S/C17H17NO2S/c1-11(19)18-14-8-6-12(7-9-14)17(20)16-10-13-4-2-3-5-15(13)21-16/h6-10H,2-5H2,1H3,(H,18,19). The van der Waals surface area contributed by atoms with E-state index in [9.17, 15) is 9.59 Å². The molecule has 1 heterocycles. The summed E-state index contributed by atoms with van der Waals surface area (Å²) in [6.45, 7) is 1.47. The Bertz CT molecular complexity index is 662. The molecule has 4 heteroatoms. The van der Waals surface area contributed by atoms with Crippen molar-refractivity contribution in [2.75, 3.05) is 5.32 Å². The number of nitrogens with one attached hydrogen (secondary N) is 1.